The number of amides is 1. The van der Waals surface area contributed by atoms with Gasteiger partial charge in [-0.3, -0.25) is 19.7 Å². The molecular formula is C25H28N4O. The predicted molar refractivity (Wildman–Crippen MR) is 118 cm³/mol. The molecule has 3 heterocycles. The van der Waals surface area contributed by atoms with Crippen LogP contribution in [0.4, 0.5) is 0 Å². The molecule has 0 saturated carbocycles. The van der Waals surface area contributed by atoms with Gasteiger partial charge in [0.25, 0.3) is 5.91 Å². The monoisotopic (exact) mass is 400 g/mol. The van der Waals surface area contributed by atoms with Gasteiger partial charge in [-0.2, -0.15) is 0 Å². The van der Waals surface area contributed by atoms with Crippen molar-refractivity contribution in [3.8, 4) is 0 Å². The molecule has 2 aromatic heterocycles. The average Bonchev–Trinajstić information content (AvgIpc) is 2.79. The Bertz CT molecular complexity index is 961. The minimum Gasteiger partial charge on any atom is -0.343 e. The van der Waals surface area contributed by atoms with Gasteiger partial charge in [0.2, 0.25) is 0 Å². The summed E-state index contributed by atoms with van der Waals surface area (Å²) in [5, 5.41) is 3.30. The Morgan fingerprint density at radius 3 is 2.57 bits per heavy atom. The molecule has 1 aliphatic rings. The van der Waals surface area contributed by atoms with Crippen molar-refractivity contribution < 1.29 is 4.79 Å². The second-order valence-corrected chi connectivity index (χ2v) is 7.98. The molecule has 0 unspecified atom stereocenters. The molecule has 2 atom stereocenters. The number of hydrogen-bond donors (Lipinski definition) is 1. The lowest BCUT2D eigenvalue weighted by Gasteiger charge is -2.37. The number of nitrogens with one attached hydrogen (secondary N) is 1. The van der Waals surface area contributed by atoms with Crippen molar-refractivity contribution >= 4 is 5.91 Å². The van der Waals surface area contributed by atoms with E-state index in [1.807, 2.05) is 67.7 Å². The molecule has 0 radical (unpaired) electrons. The van der Waals surface area contributed by atoms with E-state index >= 15 is 0 Å². The van der Waals surface area contributed by atoms with Crippen molar-refractivity contribution in [1.82, 2.24) is 20.2 Å². The fourth-order valence-corrected chi connectivity index (χ4v) is 4.27. The molecule has 1 aliphatic heterocycles. The normalized spacial score (nSPS) is 18.0. The van der Waals surface area contributed by atoms with Crippen LogP contribution in [0.15, 0.2) is 73.1 Å². The molecule has 1 fully saturated rings. The summed E-state index contributed by atoms with van der Waals surface area (Å²) in [5.41, 5.74) is 3.70. The molecule has 0 bridgehead atoms. The van der Waals surface area contributed by atoms with E-state index in [9.17, 15) is 4.79 Å². The van der Waals surface area contributed by atoms with E-state index in [0.29, 0.717) is 5.92 Å². The van der Waals surface area contributed by atoms with Gasteiger partial charge in [0.15, 0.2) is 0 Å². The van der Waals surface area contributed by atoms with Gasteiger partial charge in [-0.15, -0.1) is 0 Å². The molecule has 30 heavy (non-hydrogen) atoms. The Kier molecular flexibility index (Phi) is 6.50. The smallest absolute Gasteiger partial charge is 0.252 e. The maximum atomic E-state index is 13.1. The summed E-state index contributed by atoms with van der Waals surface area (Å²) in [6.07, 6.45) is 5.81. The highest BCUT2D eigenvalue weighted by molar-refractivity contribution is 5.95. The predicted octanol–water partition coefficient (Wildman–Crippen LogP) is 4.17. The zero-order valence-corrected chi connectivity index (χ0v) is 17.4. The van der Waals surface area contributed by atoms with Crippen LogP contribution < -0.4 is 5.32 Å². The third kappa shape index (κ3) is 4.92. The number of carbonyl (C=O) groups excluding carboxylic acids is 1. The highest BCUT2D eigenvalue weighted by atomic mass is 16.1. The van der Waals surface area contributed by atoms with Gasteiger partial charge in [-0.05, 0) is 68.1 Å². The van der Waals surface area contributed by atoms with Crippen LogP contribution in [0.1, 0.15) is 46.2 Å². The van der Waals surface area contributed by atoms with Gasteiger partial charge in [0.1, 0.15) is 0 Å². The number of nitrogens with zero attached hydrogens (tertiary/aromatic N) is 3. The molecule has 154 valence electrons. The van der Waals surface area contributed by atoms with Crippen molar-refractivity contribution in [2.75, 3.05) is 13.1 Å². The largest absolute Gasteiger partial charge is 0.343 e. The van der Waals surface area contributed by atoms with Crippen LogP contribution in [0.2, 0.25) is 0 Å². The molecule has 3 aromatic rings. The Labute approximate surface area is 178 Å². The third-order valence-electron chi connectivity index (χ3n) is 5.81. The highest BCUT2D eigenvalue weighted by Crippen LogP contribution is 2.30. The maximum Gasteiger partial charge on any atom is 0.252 e. The molecule has 0 spiro atoms. The lowest BCUT2D eigenvalue weighted by molar-refractivity contribution is 0.0873. The van der Waals surface area contributed by atoms with Crippen LogP contribution in [0.3, 0.4) is 0 Å². The minimum atomic E-state index is -0.121. The molecule has 5 heteroatoms. The summed E-state index contributed by atoms with van der Waals surface area (Å²) in [7, 11) is 0. The van der Waals surface area contributed by atoms with Crippen LogP contribution in [0, 0.1) is 12.8 Å². The maximum absolute atomic E-state index is 13.1. The van der Waals surface area contributed by atoms with Gasteiger partial charge in [-0.1, -0.05) is 30.3 Å². The van der Waals surface area contributed by atoms with Crippen molar-refractivity contribution in [3.05, 3.63) is 95.6 Å². The summed E-state index contributed by atoms with van der Waals surface area (Å²) in [5.74, 6) is 0.260. The highest BCUT2D eigenvalue weighted by Gasteiger charge is 2.31. The Hall–Kier alpha value is -3.05. The number of likely N-dealkylation sites (tertiary alicyclic amines) is 1. The van der Waals surface area contributed by atoms with E-state index in [0.717, 1.165) is 55.0 Å². The first-order valence-electron chi connectivity index (χ1n) is 10.6. The first-order valence-corrected chi connectivity index (χ1v) is 10.6. The number of aromatic nitrogens is 2. The van der Waals surface area contributed by atoms with E-state index in [4.69, 9.17) is 0 Å². The fraction of sp³-hybridized carbons (Fsp3) is 0.320. The number of piperidine rings is 1. The van der Waals surface area contributed by atoms with Crippen LogP contribution in [0.25, 0.3) is 0 Å². The van der Waals surface area contributed by atoms with Crippen molar-refractivity contribution in [2.24, 2.45) is 5.92 Å². The standard InChI is InChI=1S/C25H28N4O/c1-19-9-2-3-12-22(19)25(30)28-24(23-13-5-7-15-27-23)20-10-8-16-29(17-20)18-21-11-4-6-14-26-21/h2-7,9,11-15,20,24H,8,10,16-18H2,1H3,(H,28,30)/t20-,24+/m1/s1. The number of rotatable bonds is 6. The van der Waals surface area contributed by atoms with Crippen molar-refractivity contribution in [2.45, 2.75) is 32.4 Å². The summed E-state index contributed by atoms with van der Waals surface area (Å²) in [4.78, 5) is 24.6. The van der Waals surface area contributed by atoms with Crippen LogP contribution >= 0.6 is 0 Å². The van der Waals surface area contributed by atoms with E-state index in [-0.39, 0.29) is 11.9 Å². The fourth-order valence-electron chi connectivity index (χ4n) is 4.27. The topological polar surface area (TPSA) is 58.1 Å². The van der Waals surface area contributed by atoms with Gasteiger partial charge < -0.3 is 5.32 Å². The number of pyridine rings is 2. The van der Waals surface area contributed by atoms with Gasteiger partial charge in [0, 0.05) is 31.0 Å². The molecular weight excluding hydrogens is 372 g/mol. The zero-order valence-electron chi connectivity index (χ0n) is 17.4. The summed E-state index contributed by atoms with van der Waals surface area (Å²) >= 11 is 0. The van der Waals surface area contributed by atoms with Crippen molar-refractivity contribution in [1.29, 1.82) is 0 Å². The van der Waals surface area contributed by atoms with Gasteiger partial charge in [0.05, 0.1) is 17.4 Å². The lowest BCUT2D eigenvalue weighted by Crippen LogP contribution is -2.43. The average molecular weight is 401 g/mol. The number of aryl methyl sites for hydroxylation is 1. The second-order valence-electron chi connectivity index (χ2n) is 7.98. The van der Waals surface area contributed by atoms with Gasteiger partial charge in [-0.25, -0.2) is 0 Å². The first kappa shape index (κ1) is 20.2. The summed E-state index contributed by atoms with van der Waals surface area (Å²) < 4.78 is 0. The third-order valence-corrected chi connectivity index (χ3v) is 5.81. The minimum absolute atomic E-state index is 0.0365. The lowest BCUT2D eigenvalue weighted by atomic mass is 9.88. The van der Waals surface area contributed by atoms with Crippen molar-refractivity contribution in [3.63, 3.8) is 0 Å². The number of benzene rings is 1. The molecule has 5 nitrogen and oxygen atoms in total. The Morgan fingerprint density at radius 2 is 1.83 bits per heavy atom. The van der Waals surface area contributed by atoms with E-state index in [1.165, 1.54) is 0 Å². The van der Waals surface area contributed by atoms with E-state index in [1.54, 1.807) is 6.20 Å². The molecule has 1 aromatic carbocycles. The van der Waals surface area contributed by atoms with E-state index in [2.05, 4.69) is 26.3 Å². The van der Waals surface area contributed by atoms with Crippen LogP contribution in [-0.4, -0.2) is 33.9 Å². The SMILES string of the molecule is Cc1ccccc1C(=O)N[C@H](c1ccccn1)[C@@H]1CCCN(Cc2ccccn2)C1. The van der Waals surface area contributed by atoms with Crippen LogP contribution in [-0.2, 0) is 6.54 Å². The molecule has 4 rings (SSSR count). The zero-order chi connectivity index (χ0) is 20.8. The van der Waals surface area contributed by atoms with Crippen LogP contribution in [0.5, 0.6) is 0 Å². The quantitative estimate of drug-likeness (QED) is 0.675. The summed E-state index contributed by atoms with van der Waals surface area (Å²) in [6, 6.07) is 19.6. The second kappa shape index (κ2) is 9.63. The number of carbonyl (C=O) groups is 1. The Morgan fingerprint density at radius 1 is 1.07 bits per heavy atom. The first-order chi connectivity index (χ1) is 14.7. The Balaban J connectivity index is 1.53. The molecule has 1 N–H and O–H groups in total. The summed E-state index contributed by atoms with van der Waals surface area (Å²) in [6.45, 7) is 4.76. The van der Waals surface area contributed by atoms with E-state index < -0.39 is 0 Å². The number of hydrogen-bond acceptors (Lipinski definition) is 4. The molecule has 0 aliphatic carbocycles. The molecule has 1 saturated heterocycles. The molecule has 1 amide bonds. The van der Waals surface area contributed by atoms with Gasteiger partial charge >= 0.3 is 0 Å².